The Morgan fingerprint density at radius 1 is 1.17 bits per heavy atom. The van der Waals surface area contributed by atoms with E-state index in [-0.39, 0.29) is 27.4 Å². The fourth-order valence-electron chi connectivity index (χ4n) is 2.85. The number of aliphatic carboxylic acids is 1. The van der Waals surface area contributed by atoms with Crippen molar-refractivity contribution >= 4 is 34.3 Å². The van der Waals surface area contributed by atoms with E-state index in [1.54, 1.807) is 0 Å². The second-order valence-corrected chi connectivity index (χ2v) is 6.67. The highest BCUT2D eigenvalue weighted by Gasteiger charge is 2.22. The number of carbonyl (C=O) groups is 2. The molecule has 0 fully saturated rings. The van der Waals surface area contributed by atoms with Gasteiger partial charge in [-0.3, -0.25) is 14.4 Å². The minimum Gasteiger partial charge on any atom is -0.506 e. The Hall–Kier alpha value is -3.39. The number of fused-ring (bicyclic) bond motifs is 1. The van der Waals surface area contributed by atoms with Crippen molar-refractivity contribution in [1.29, 1.82) is 0 Å². The van der Waals surface area contributed by atoms with Crippen LogP contribution >= 0.6 is 11.6 Å². The van der Waals surface area contributed by atoms with Crippen LogP contribution in [-0.2, 0) is 11.8 Å². The summed E-state index contributed by atoms with van der Waals surface area (Å²) in [7, 11) is 1.41. The number of hydrogen-bond donors (Lipinski definition) is 2. The lowest BCUT2D eigenvalue weighted by Crippen LogP contribution is -2.25. The smallest absolute Gasteiger partial charge is 0.303 e. The Labute approximate surface area is 168 Å². The van der Waals surface area contributed by atoms with Gasteiger partial charge in [0.05, 0.1) is 17.0 Å². The first kappa shape index (κ1) is 20.3. The van der Waals surface area contributed by atoms with Crippen molar-refractivity contribution in [3.63, 3.8) is 0 Å². The van der Waals surface area contributed by atoms with Crippen LogP contribution in [-0.4, -0.2) is 26.5 Å². The van der Waals surface area contributed by atoms with Crippen LogP contribution in [0.4, 0.5) is 4.39 Å². The molecule has 0 amide bonds. The van der Waals surface area contributed by atoms with Crippen LogP contribution in [0.2, 0.25) is 5.02 Å². The molecule has 0 unspecified atom stereocenters. The van der Waals surface area contributed by atoms with E-state index in [1.807, 2.05) is 0 Å². The molecule has 29 heavy (non-hydrogen) atoms. The number of nitrogens with zero attached hydrogens (tertiary/aromatic N) is 1. The van der Waals surface area contributed by atoms with Gasteiger partial charge in [-0.25, -0.2) is 4.39 Å². The lowest BCUT2D eigenvalue weighted by atomic mass is 10.0. The van der Waals surface area contributed by atoms with Crippen molar-refractivity contribution in [3.8, 4) is 17.2 Å². The number of pyridine rings is 1. The van der Waals surface area contributed by atoms with E-state index in [0.717, 1.165) is 10.6 Å². The van der Waals surface area contributed by atoms with Crippen LogP contribution in [0.25, 0.3) is 10.9 Å². The summed E-state index contributed by atoms with van der Waals surface area (Å²) in [6.07, 6.45) is -0.863. The fourth-order valence-corrected chi connectivity index (χ4v) is 3.05. The summed E-state index contributed by atoms with van der Waals surface area (Å²) in [6.45, 7) is 0. The van der Waals surface area contributed by atoms with E-state index in [0.29, 0.717) is 0 Å². The summed E-state index contributed by atoms with van der Waals surface area (Å²) < 4.78 is 19.9. The second kappa shape index (κ2) is 7.92. The predicted molar refractivity (Wildman–Crippen MR) is 104 cm³/mol. The van der Waals surface area contributed by atoms with Crippen LogP contribution in [0, 0.1) is 5.82 Å². The summed E-state index contributed by atoms with van der Waals surface area (Å²) in [4.78, 5) is 35.5. The maximum absolute atomic E-state index is 13.2. The zero-order valence-electron chi connectivity index (χ0n) is 15.1. The van der Waals surface area contributed by atoms with Gasteiger partial charge in [0.1, 0.15) is 28.6 Å². The SMILES string of the molecule is Cn1c(=O)c(C(=O)CCC(=O)O)c(O)c2ccc(Oc3ccc(F)cc3Cl)cc21. The van der Waals surface area contributed by atoms with Gasteiger partial charge in [-0.15, -0.1) is 0 Å². The van der Waals surface area contributed by atoms with E-state index >= 15 is 0 Å². The molecular formula is C20H15ClFNO6. The number of rotatable bonds is 6. The van der Waals surface area contributed by atoms with E-state index in [2.05, 4.69) is 0 Å². The van der Waals surface area contributed by atoms with Crippen LogP contribution in [0.3, 0.4) is 0 Å². The summed E-state index contributed by atoms with van der Waals surface area (Å²) >= 11 is 5.95. The minimum absolute atomic E-state index is 0.0567. The maximum atomic E-state index is 13.2. The van der Waals surface area contributed by atoms with Gasteiger partial charge < -0.3 is 19.5 Å². The molecule has 0 aliphatic carbocycles. The summed E-state index contributed by atoms with van der Waals surface area (Å²) in [6, 6.07) is 8.01. The number of benzene rings is 2. The van der Waals surface area contributed by atoms with E-state index in [4.69, 9.17) is 21.4 Å². The van der Waals surface area contributed by atoms with Crippen molar-refractivity contribution in [2.45, 2.75) is 12.8 Å². The molecule has 2 aromatic carbocycles. The first-order chi connectivity index (χ1) is 13.7. The highest BCUT2D eigenvalue weighted by molar-refractivity contribution is 6.32. The molecule has 0 bridgehead atoms. The van der Waals surface area contributed by atoms with Gasteiger partial charge >= 0.3 is 5.97 Å². The van der Waals surface area contributed by atoms with E-state index in [1.165, 1.54) is 37.4 Å². The number of Topliss-reactive ketones (excluding diaryl/α,β-unsaturated/α-hetero) is 1. The number of aryl methyl sites for hydroxylation is 1. The highest BCUT2D eigenvalue weighted by Crippen LogP contribution is 2.34. The lowest BCUT2D eigenvalue weighted by Gasteiger charge is -2.13. The number of ether oxygens (including phenoxy) is 1. The molecule has 0 saturated carbocycles. The topological polar surface area (TPSA) is 106 Å². The second-order valence-electron chi connectivity index (χ2n) is 6.26. The van der Waals surface area contributed by atoms with Crippen LogP contribution in [0.15, 0.2) is 41.2 Å². The molecule has 0 atom stereocenters. The molecule has 150 valence electrons. The standard InChI is InChI=1S/C20H15ClFNO6/c1-23-14-9-11(29-16-6-2-10(22)8-13(16)21)3-4-12(14)19(27)18(20(23)28)15(24)5-7-17(25)26/h2-4,6,8-9,27H,5,7H2,1H3,(H,25,26). The predicted octanol–water partition coefficient (Wildman–Crippen LogP) is 3.88. The summed E-state index contributed by atoms with van der Waals surface area (Å²) in [5, 5.41) is 19.4. The van der Waals surface area contributed by atoms with Gasteiger partial charge in [-0.05, 0) is 30.3 Å². The van der Waals surface area contributed by atoms with Gasteiger partial charge in [0.25, 0.3) is 5.56 Å². The molecule has 0 aliphatic rings. The third-order valence-electron chi connectivity index (χ3n) is 4.31. The van der Waals surface area contributed by atoms with Crippen molar-refractivity contribution in [3.05, 3.63) is 63.2 Å². The van der Waals surface area contributed by atoms with Crippen molar-refractivity contribution in [1.82, 2.24) is 4.57 Å². The van der Waals surface area contributed by atoms with Gasteiger partial charge in [0.15, 0.2) is 5.78 Å². The molecule has 0 aliphatic heterocycles. The number of carboxylic acid groups (broad SMARTS) is 1. The number of carboxylic acids is 1. The number of halogens is 2. The van der Waals surface area contributed by atoms with Gasteiger partial charge in [-0.2, -0.15) is 0 Å². The molecule has 1 aromatic heterocycles. The van der Waals surface area contributed by atoms with E-state index < -0.39 is 47.3 Å². The number of aromatic hydroxyl groups is 1. The van der Waals surface area contributed by atoms with Crippen molar-refractivity contribution in [2.75, 3.05) is 0 Å². The van der Waals surface area contributed by atoms with Crippen LogP contribution in [0.1, 0.15) is 23.2 Å². The molecule has 0 saturated heterocycles. The molecule has 7 nitrogen and oxygen atoms in total. The van der Waals surface area contributed by atoms with Crippen molar-refractivity contribution < 1.29 is 28.9 Å². The summed E-state index contributed by atoms with van der Waals surface area (Å²) in [5.41, 5.74) is -0.947. The first-order valence-electron chi connectivity index (χ1n) is 8.42. The molecule has 0 radical (unpaired) electrons. The lowest BCUT2D eigenvalue weighted by molar-refractivity contribution is -0.136. The van der Waals surface area contributed by atoms with Gasteiger partial charge in [0.2, 0.25) is 0 Å². The Balaban J connectivity index is 2.05. The monoisotopic (exact) mass is 419 g/mol. The number of carbonyl (C=O) groups excluding carboxylic acids is 1. The average molecular weight is 420 g/mol. The third-order valence-corrected chi connectivity index (χ3v) is 4.60. The normalized spacial score (nSPS) is 10.9. The molecule has 2 N–H and O–H groups in total. The Morgan fingerprint density at radius 3 is 2.55 bits per heavy atom. The number of aromatic nitrogens is 1. The zero-order chi connectivity index (χ0) is 21.3. The third kappa shape index (κ3) is 4.07. The first-order valence-corrected chi connectivity index (χ1v) is 8.80. The Kier molecular flexibility index (Phi) is 5.56. The summed E-state index contributed by atoms with van der Waals surface area (Å²) in [5.74, 6) is -2.52. The fraction of sp³-hybridized carbons (Fsp3) is 0.150. The highest BCUT2D eigenvalue weighted by atomic mass is 35.5. The van der Waals surface area contributed by atoms with Crippen LogP contribution < -0.4 is 10.3 Å². The van der Waals surface area contributed by atoms with Gasteiger partial charge in [-0.1, -0.05) is 11.6 Å². The quantitative estimate of drug-likeness (QED) is 0.587. The number of ketones is 1. The zero-order valence-corrected chi connectivity index (χ0v) is 15.9. The van der Waals surface area contributed by atoms with Crippen LogP contribution in [0.5, 0.6) is 17.2 Å². The molecule has 3 aromatic rings. The minimum atomic E-state index is -1.18. The molecule has 0 spiro atoms. The molecular weight excluding hydrogens is 405 g/mol. The molecule has 9 heteroatoms. The van der Waals surface area contributed by atoms with Gasteiger partial charge in [0, 0.05) is 24.9 Å². The Bertz CT molecular complexity index is 1200. The Morgan fingerprint density at radius 2 is 1.90 bits per heavy atom. The number of hydrogen-bond acceptors (Lipinski definition) is 5. The average Bonchev–Trinajstić information content (AvgIpc) is 2.67. The van der Waals surface area contributed by atoms with Crippen molar-refractivity contribution in [2.24, 2.45) is 7.05 Å². The molecule has 3 rings (SSSR count). The molecule has 1 heterocycles. The maximum Gasteiger partial charge on any atom is 0.303 e. The van der Waals surface area contributed by atoms with E-state index in [9.17, 15) is 23.9 Å². The largest absolute Gasteiger partial charge is 0.506 e.